The predicted molar refractivity (Wildman–Crippen MR) is 75.8 cm³/mol. The molecular formula is C14H16N6. The molecule has 0 amide bonds. The minimum absolute atomic E-state index is 0.329. The van der Waals surface area contributed by atoms with Gasteiger partial charge in [-0.15, -0.1) is 0 Å². The molecule has 0 aliphatic heterocycles. The number of rotatable bonds is 7. The largest absolute Gasteiger partial charge is 0.368 e. The molecule has 0 aliphatic carbocycles. The maximum atomic E-state index is 8.87. The van der Waals surface area contributed by atoms with Gasteiger partial charge in [-0.2, -0.15) is 5.26 Å². The third-order valence-corrected chi connectivity index (χ3v) is 2.68. The van der Waals surface area contributed by atoms with Crippen molar-refractivity contribution in [3.05, 3.63) is 48.2 Å². The van der Waals surface area contributed by atoms with E-state index in [9.17, 15) is 0 Å². The Labute approximate surface area is 117 Å². The molecule has 0 fully saturated rings. The summed E-state index contributed by atoms with van der Waals surface area (Å²) in [6.07, 6.45) is 7.63. The molecule has 20 heavy (non-hydrogen) atoms. The Bertz CT molecular complexity index is 563. The van der Waals surface area contributed by atoms with Crippen molar-refractivity contribution in [3.63, 3.8) is 0 Å². The normalized spacial score (nSPS) is 9.95. The van der Waals surface area contributed by atoms with E-state index in [1.165, 1.54) is 11.8 Å². The average Bonchev–Trinajstić information content (AvgIpc) is 2.52. The van der Waals surface area contributed by atoms with Crippen molar-refractivity contribution in [1.29, 1.82) is 5.26 Å². The van der Waals surface area contributed by atoms with Crippen LogP contribution in [0.1, 0.15) is 17.7 Å². The standard InChI is InChI=1S/C14H16N6/c15-9-13-14(20-8-7-18-13)19-6-2-5-17-11-12-3-1-4-16-10-12/h1,3-4,7-8,10,17H,2,5-6,11H2,(H,19,20). The van der Waals surface area contributed by atoms with E-state index >= 15 is 0 Å². The zero-order valence-corrected chi connectivity index (χ0v) is 11.1. The molecule has 2 aromatic heterocycles. The van der Waals surface area contributed by atoms with E-state index in [1.807, 2.05) is 24.4 Å². The molecule has 2 rings (SSSR count). The molecule has 0 bridgehead atoms. The fourth-order valence-corrected chi connectivity index (χ4v) is 1.70. The Morgan fingerprint density at radius 3 is 2.85 bits per heavy atom. The fraction of sp³-hybridized carbons (Fsp3) is 0.286. The van der Waals surface area contributed by atoms with Gasteiger partial charge in [0.1, 0.15) is 6.07 Å². The van der Waals surface area contributed by atoms with Crippen LogP contribution in [0.15, 0.2) is 36.9 Å². The van der Waals surface area contributed by atoms with Gasteiger partial charge in [0.2, 0.25) is 0 Å². The molecule has 0 saturated heterocycles. The summed E-state index contributed by atoms with van der Waals surface area (Å²) in [6.45, 7) is 2.43. The summed E-state index contributed by atoms with van der Waals surface area (Å²) in [5.41, 5.74) is 1.50. The smallest absolute Gasteiger partial charge is 0.182 e. The molecular weight excluding hydrogens is 252 g/mol. The van der Waals surface area contributed by atoms with Crippen LogP contribution in [-0.2, 0) is 6.54 Å². The Morgan fingerprint density at radius 2 is 2.05 bits per heavy atom. The highest BCUT2D eigenvalue weighted by Crippen LogP contribution is 2.05. The van der Waals surface area contributed by atoms with Crippen LogP contribution in [0, 0.1) is 11.3 Å². The minimum Gasteiger partial charge on any atom is -0.368 e. The Morgan fingerprint density at radius 1 is 1.15 bits per heavy atom. The number of nitrogens with zero attached hydrogens (tertiary/aromatic N) is 4. The van der Waals surface area contributed by atoms with Gasteiger partial charge in [-0.3, -0.25) is 4.98 Å². The summed E-state index contributed by atoms with van der Waals surface area (Å²) in [4.78, 5) is 12.1. The molecule has 0 atom stereocenters. The summed E-state index contributed by atoms with van der Waals surface area (Å²) in [7, 11) is 0. The minimum atomic E-state index is 0.329. The van der Waals surface area contributed by atoms with Crippen molar-refractivity contribution in [1.82, 2.24) is 20.3 Å². The maximum Gasteiger partial charge on any atom is 0.182 e. The second-order valence-electron chi connectivity index (χ2n) is 4.18. The molecule has 2 N–H and O–H groups in total. The van der Waals surface area contributed by atoms with Crippen LogP contribution in [0.2, 0.25) is 0 Å². The van der Waals surface area contributed by atoms with Gasteiger partial charge in [0, 0.05) is 37.9 Å². The molecule has 2 aromatic rings. The molecule has 6 heteroatoms. The van der Waals surface area contributed by atoms with E-state index in [0.717, 1.165) is 26.1 Å². The molecule has 0 saturated carbocycles. The first-order valence-corrected chi connectivity index (χ1v) is 6.45. The van der Waals surface area contributed by atoms with Gasteiger partial charge in [0.15, 0.2) is 11.5 Å². The lowest BCUT2D eigenvalue weighted by molar-refractivity contribution is 0.661. The summed E-state index contributed by atoms with van der Waals surface area (Å²) < 4.78 is 0. The fourth-order valence-electron chi connectivity index (χ4n) is 1.70. The first-order chi connectivity index (χ1) is 9.90. The van der Waals surface area contributed by atoms with E-state index in [-0.39, 0.29) is 0 Å². The Hall–Kier alpha value is -2.52. The van der Waals surface area contributed by atoms with Crippen molar-refractivity contribution in [2.75, 3.05) is 18.4 Å². The van der Waals surface area contributed by atoms with E-state index in [0.29, 0.717) is 11.5 Å². The molecule has 0 unspecified atom stereocenters. The van der Waals surface area contributed by atoms with Gasteiger partial charge < -0.3 is 10.6 Å². The number of nitrogens with one attached hydrogen (secondary N) is 2. The van der Waals surface area contributed by atoms with E-state index in [2.05, 4.69) is 25.6 Å². The van der Waals surface area contributed by atoms with E-state index in [4.69, 9.17) is 5.26 Å². The van der Waals surface area contributed by atoms with E-state index < -0.39 is 0 Å². The Kier molecular flexibility index (Phi) is 5.43. The topological polar surface area (TPSA) is 86.5 Å². The lowest BCUT2D eigenvalue weighted by Gasteiger charge is -2.07. The van der Waals surface area contributed by atoms with Crippen LogP contribution in [0.4, 0.5) is 5.82 Å². The molecule has 0 radical (unpaired) electrons. The molecule has 102 valence electrons. The quantitative estimate of drug-likeness (QED) is 0.737. The van der Waals surface area contributed by atoms with Crippen LogP contribution in [0.25, 0.3) is 0 Å². The first kappa shape index (κ1) is 13.9. The van der Waals surface area contributed by atoms with Crippen molar-refractivity contribution in [3.8, 4) is 6.07 Å². The van der Waals surface area contributed by atoms with Gasteiger partial charge >= 0.3 is 0 Å². The number of hydrogen-bond donors (Lipinski definition) is 2. The molecule has 2 heterocycles. The summed E-state index contributed by atoms with van der Waals surface area (Å²) in [5.74, 6) is 0.544. The second-order valence-corrected chi connectivity index (χ2v) is 4.18. The van der Waals surface area contributed by atoms with Gasteiger partial charge in [0.05, 0.1) is 0 Å². The average molecular weight is 268 g/mol. The van der Waals surface area contributed by atoms with Crippen LogP contribution in [0.5, 0.6) is 0 Å². The monoisotopic (exact) mass is 268 g/mol. The Balaban J connectivity index is 1.64. The number of hydrogen-bond acceptors (Lipinski definition) is 6. The van der Waals surface area contributed by atoms with Crippen molar-refractivity contribution >= 4 is 5.82 Å². The predicted octanol–water partition coefficient (Wildman–Crippen LogP) is 1.34. The molecule has 0 aliphatic rings. The first-order valence-electron chi connectivity index (χ1n) is 6.45. The lowest BCUT2D eigenvalue weighted by Crippen LogP contribution is -2.18. The third-order valence-electron chi connectivity index (χ3n) is 2.68. The number of anilines is 1. The SMILES string of the molecule is N#Cc1nccnc1NCCCNCc1cccnc1. The third kappa shape index (κ3) is 4.30. The number of pyridine rings is 1. The van der Waals surface area contributed by atoms with Crippen LogP contribution in [0.3, 0.4) is 0 Å². The van der Waals surface area contributed by atoms with Crippen LogP contribution in [-0.4, -0.2) is 28.0 Å². The summed E-state index contributed by atoms with van der Waals surface area (Å²) in [5, 5.41) is 15.3. The maximum absolute atomic E-state index is 8.87. The van der Waals surface area contributed by atoms with Gasteiger partial charge in [-0.05, 0) is 24.6 Å². The lowest BCUT2D eigenvalue weighted by atomic mass is 10.3. The van der Waals surface area contributed by atoms with Crippen LogP contribution >= 0.6 is 0 Å². The number of nitriles is 1. The van der Waals surface area contributed by atoms with E-state index in [1.54, 1.807) is 12.4 Å². The zero-order chi connectivity index (χ0) is 14.0. The van der Waals surface area contributed by atoms with Crippen molar-refractivity contribution < 1.29 is 0 Å². The molecule has 6 nitrogen and oxygen atoms in total. The summed E-state index contributed by atoms with van der Waals surface area (Å²) in [6, 6.07) is 5.98. The summed E-state index contributed by atoms with van der Waals surface area (Å²) >= 11 is 0. The molecule has 0 spiro atoms. The van der Waals surface area contributed by atoms with Gasteiger partial charge in [0.25, 0.3) is 0 Å². The number of aromatic nitrogens is 3. The highest BCUT2D eigenvalue weighted by Gasteiger charge is 2.02. The highest BCUT2D eigenvalue weighted by molar-refractivity contribution is 5.46. The molecule has 0 aromatic carbocycles. The highest BCUT2D eigenvalue weighted by atomic mass is 15.0. The second kappa shape index (κ2) is 7.81. The van der Waals surface area contributed by atoms with Crippen molar-refractivity contribution in [2.45, 2.75) is 13.0 Å². The van der Waals surface area contributed by atoms with Gasteiger partial charge in [-0.1, -0.05) is 6.07 Å². The van der Waals surface area contributed by atoms with Crippen molar-refractivity contribution in [2.24, 2.45) is 0 Å². The van der Waals surface area contributed by atoms with Gasteiger partial charge in [-0.25, -0.2) is 9.97 Å². The van der Waals surface area contributed by atoms with Crippen LogP contribution < -0.4 is 10.6 Å². The zero-order valence-electron chi connectivity index (χ0n) is 11.1.